The van der Waals surface area contributed by atoms with Crippen LogP contribution in [0.5, 0.6) is 5.75 Å². The highest BCUT2D eigenvalue weighted by Crippen LogP contribution is 2.30. The molecule has 2 N–H and O–H groups in total. The summed E-state index contributed by atoms with van der Waals surface area (Å²) in [7, 11) is -3.79. The van der Waals surface area contributed by atoms with Gasteiger partial charge in [0.05, 0.1) is 25.2 Å². The highest BCUT2D eigenvalue weighted by molar-refractivity contribution is 7.86. The fourth-order valence-corrected chi connectivity index (χ4v) is 2.82. The fourth-order valence-electron chi connectivity index (χ4n) is 2.17. The normalized spacial score (nSPS) is 12.1. The van der Waals surface area contributed by atoms with Crippen molar-refractivity contribution >= 4 is 33.8 Å². The van der Waals surface area contributed by atoms with Gasteiger partial charge in [0.25, 0.3) is 10.1 Å². The average Bonchev–Trinajstić information content (AvgIpc) is 2.63. The second kappa shape index (κ2) is 10.9. The van der Waals surface area contributed by atoms with Gasteiger partial charge in [-0.05, 0) is 32.9 Å². The molecule has 0 heterocycles. The van der Waals surface area contributed by atoms with E-state index in [2.05, 4.69) is 4.18 Å². The molecule has 0 fully saturated rings. The van der Waals surface area contributed by atoms with Gasteiger partial charge in [0.1, 0.15) is 18.3 Å². The minimum absolute atomic E-state index is 0.0462. The van der Waals surface area contributed by atoms with Crippen molar-refractivity contribution < 1.29 is 45.2 Å². The minimum atomic E-state index is -3.79. The van der Waals surface area contributed by atoms with Crippen molar-refractivity contribution in [2.45, 2.75) is 26.9 Å². The largest absolute Gasteiger partial charge is 0.488 e. The number of benzene rings is 1. The van der Waals surface area contributed by atoms with Crippen molar-refractivity contribution in [2.24, 2.45) is 0 Å². The van der Waals surface area contributed by atoms with Gasteiger partial charge in [-0.1, -0.05) is 0 Å². The van der Waals surface area contributed by atoms with E-state index in [0.29, 0.717) is 0 Å². The highest BCUT2D eigenvalue weighted by atomic mass is 32.2. The second-order valence-electron chi connectivity index (χ2n) is 5.93. The van der Waals surface area contributed by atoms with Crippen LogP contribution < -0.4 is 10.5 Å². The molecule has 9 nitrogen and oxygen atoms in total. The first kappa shape index (κ1) is 25.3. The van der Waals surface area contributed by atoms with E-state index >= 15 is 0 Å². The van der Waals surface area contributed by atoms with Crippen LogP contribution in [-0.4, -0.2) is 52.5 Å². The molecule has 0 unspecified atom stereocenters. The number of hydrogen-bond donors (Lipinski definition) is 1. The third-order valence-electron chi connectivity index (χ3n) is 3.35. The maximum absolute atomic E-state index is 14.2. The van der Waals surface area contributed by atoms with E-state index in [1.54, 1.807) is 0 Å². The summed E-state index contributed by atoms with van der Waals surface area (Å²) in [5.74, 6) is -5.65. The van der Waals surface area contributed by atoms with E-state index in [1.807, 2.05) is 0 Å². The molecule has 0 amide bonds. The second-order valence-corrected chi connectivity index (χ2v) is 7.53. The summed E-state index contributed by atoms with van der Waals surface area (Å²) in [5, 5.41) is 0. The summed E-state index contributed by atoms with van der Waals surface area (Å²) >= 11 is 0. The molecule has 12 heteroatoms. The molecule has 1 aromatic carbocycles. The Hall–Kier alpha value is -2.73. The molecule has 0 aliphatic heterocycles. The summed E-state index contributed by atoms with van der Waals surface area (Å²) in [6, 6.07) is 0.944. The van der Waals surface area contributed by atoms with E-state index < -0.39 is 63.4 Å². The molecule has 1 rings (SSSR count). The average molecular weight is 451 g/mol. The number of anilines is 1. The summed E-state index contributed by atoms with van der Waals surface area (Å²) in [5.41, 5.74) is 4.04. The molecule has 0 saturated heterocycles. The maximum atomic E-state index is 14.2. The van der Waals surface area contributed by atoms with Crippen LogP contribution in [0.1, 0.15) is 26.3 Å². The van der Waals surface area contributed by atoms with Crippen LogP contribution in [0.4, 0.5) is 14.5 Å². The zero-order chi connectivity index (χ0) is 23.1. The van der Waals surface area contributed by atoms with E-state index in [4.69, 9.17) is 19.9 Å². The van der Waals surface area contributed by atoms with Crippen molar-refractivity contribution in [1.82, 2.24) is 0 Å². The Kier molecular flexibility index (Phi) is 9.18. The number of carbonyl (C=O) groups is 2. The van der Waals surface area contributed by atoms with Crippen molar-refractivity contribution in [3.8, 4) is 5.75 Å². The first-order valence-corrected chi connectivity index (χ1v) is 10.6. The Morgan fingerprint density at radius 1 is 1.13 bits per heavy atom. The van der Waals surface area contributed by atoms with Gasteiger partial charge < -0.3 is 19.9 Å². The molecule has 0 aromatic heterocycles. The van der Waals surface area contributed by atoms with E-state index in [0.717, 1.165) is 18.4 Å². The van der Waals surface area contributed by atoms with Gasteiger partial charge in [-0.3, -0.25) is 4.18 Å². The number of carbonyl (C=O) groups excluding carboxylic acids is 2. The quantitative estimate of drug-likeness (QED) is 0.141. The molecule has 0 saturated carbocycles. The van der Waals surface area contributed by atoms with E-state index in [1.165, 1.54) is 20.8 Å². The Balaban J connectivity index is 3.32. The SMILES string of the molecule is CCOC(=O)C(=Cc1cc(OC[C@@H](C)OS(C)(=O)=O)c(F)c(F)c1N)C(=O)OCC. The number of rotatable bonds is 10. The third-order valence-corrected chi connectivity index (χ3v) is 4.02. The molecule has 30 heavy (non-hydrogen) atoms. The lowest BCUT2D eigenvalue weighted by atomic mass is 10.1. The van der Waals surface area contributed by atoms with Gasteiger partial charge in [0.2, 0.25) is 5.82 Å². The zero-order valence-electron chi connectivity index (χ0n) is 16.9. The zero-order valence-corrected chi connectivity index (χ0v) is 17.7. The summed E-state index contributed by atoms with van der Waals surface area (Å²) < 4.78 is 69.9. The highest BCUT2D eigenvalue weighted by Gasteiger charge is 2.24. The van der Waals surface area contributed by atoms with Crippen LogP contribution in [0.15, 0.2) is 11.6 Å². The Bertz CT molecular complexity index is 911. The molecule has 0 bridgehead atoms. The first-order valence-electron chi connectivity index (χ1n) is 8.75. The number of nitrogen functional groups attached to an aromatic ring is 1. The summed E-state index contributed by atoms with van der Waals surface area (Å²) in [6.07, 6.45) is 0.702. The van der Waals surface area contributed by atoms with Crippen molar-refractivity contribution in [1.29, 1.82) is 0 Å². The molecular formula is C18H23F2NO8S. The number of ether oxygens (including phenoxy) is 3. The lowest BCUT2D eigenvalue weighted by Crippen LogP contribution is -2.22. The van der Waals surface area contributed by atoms with Crippen molar-refractivity contribution in [3.05, 3.63) is 28.8 Å². The van der Waals surface area contributed by atoms with Gasteiger partial charge in [0.15, 0.2) is 11.6 Å². The van der Waals surface area contributed by atoms with Crippen LogP contribution in [0, 0.1) is 11.6 Å². The third kappa shape index (κ3) is 7.26. The number of halogens is 2. The van der Waals surface area contributed by atoms with E-state index in [-0.39, 0.29) is 18.8 Å². The molecular weight excluding hydrogens is 428 g/mol. The van der Waals surface area contributed by atoms with Gasteiger partial charge in [-0.2, -0.15) is 12.8 Å². The molecule has 0 spiro atoms. The monoisotopic (exact) mass is 451 g/mol. The van der Waals surface area contributed by atoms with Crippen molar-refractivity contribution in [3.63, 3.8) is 0 Å². The van der Waals surface area contributed by atoms with E-state index in [9.17, 15) is 26.8 Å². The van der Waals surface area contributed by atoms with Crippen molar-refractivity contribution in [2.75, 3.05) is 31.8 Å². The predicted molar refractivity (Wildman–Crippen MR) is 103 cm³/mol. The molecule has 0 radical (unpaired) electrons. The Morgan fingerprint density at radius 2 is 1.67 bits per heavy atom. The Morgan fingerprint density at radius 3 is 2.13 bits per heavy atom. The van der Waals surface area contributed by atoms with Crippen LogP contribution in [0.25, 0.3) is 6.08 Å². The number of nitrogens with two attached hydrogens (primary N) is 1. The summed E-state index contributed by atoms with van der Waals surface area (Å²) in [6.45, 7) is 3.83. The lowest BCUT2D eigenvalue weighted by molar-refractivity contribution is -0.146. The van der Waals surface area contributed by atoms with Crippen LogP contribution in [-0.2, 0) is 33.4 Å². The molecule has 0 aliphatic rings. The Labute approximate surface area is 172 Å². The van der Waals surface area contributed by atoms with Crippen LogP contribution in [0.2, 0.25) is 0 Å². The predicted octanol–water partition coefficient (Wildman–Crippen LogP) is 1.80. The smallest absolute Gasteiger partial charge is 0.345 e. The fraction of sp³-hybridized carbons (Fsp3) is 0.444. The number of esters is 2. The van der Waals surface area contributed by atoms with Gasteiger partial charge in [0, 0.05) is 5.56 Å². The van der Waals surface area contributed by atoms with Gasteiger partial charge >= 0.3 is 11.9 Å². The van der Waals surface area contributed by atoms with Gasteiger partial charge in [-0.15, -0.1) is 0 Å². The van der Waals surface area contributed by atoms with Gasteiger partial charge in [-0.25, -0.2) is 14.0 Å². The maximum Gasteiger partial charge on any atom is 0.345 e. The lowest BCUT2D eigenvalue weighted by Gasteiger charge is -2.15. The summed E-state index contributed by atoms with van der Waals surface area (Å²) in [4.78, 5) is 24.1. The molecule has 1 aromatic rings. The van der Waals surface area contributed by atoms with Crippen LogP contribution >= 0.6 is 0 Å². The number of hydrogen-bond acceptors (Lipinski definition) is 9. The van der Waals surface area contributed by atoms with Crippen LogP contribution in [0.3, 0.4) is 0 Å². The molecule has 168 valence electrons. The first-order chi connectivity index (χ1) is 13.9. The standard InChI is InChI=1S/C18H23F2NO8S/c1-5-26-17(22)12(18(23)27-6-2)7-11-8-13(14(19)15(20)16(11)21)28-9-10(3)29-30(4,24)25/h7-8,10H,5-6,9,21H2,1-4H3/t10-/m1/s1. The molecule has 0 aliphatic carbocycles. The topological polar surface area (TPSA) is 131 Å². The minimum Gasteiger partial charge on any atom is -0.488 e. The molecule has 1 atom stereocenters.